The first-order valence-electron chi connectivity index (χ1n) is 7.48. The number of pyridine rings is 1. The third-order valence-electron chi connectivity index (χ3n) is 3.77. The molecule has 2 rings (SSSR count). The van der Waals surface area contributed by atoms with Gasteiger partial charge in [-0.3, -0.25) is 9.69 Å². The molecule has 21 heavy (non-hydrogen) atoms. The number of nitrogens with one attached hydrogen (secondary N) is 1. The van der Waals surface area contributed by atoms with Crippen LogP contribution in [0.2, 0.25) is 0 Å². The van der Waals surface area contributed by atoms with Crippen LogP contribution in [-0.4, -0.2) is 54.1 Å². The van der Waals surface area contributed by atoms with Crippen LogP contribution in [0.1, 0.15) is 20.8 Å². The molecule has 2 heterocycles. The smallest absolute Gasteiger partial charge is 0.237 e. The van der Waals surface area contributed by atoms with Crippen molar-refractivity contribution in [3.63, 3.8) is 0 Å². The number of rotatable bonds is 4. The van der Waals surface area contributed by atoms with Gasteiger partial charge in [0.05, 0.1) is 17.9 Å². The lowest BCUT2D eigenvalue weighted by molar-refractivity contribution is -0.126. The molecule has 0 spiro atoms. The molecule has 1 fully saturated rings. The van der Waals surface area contributed by atoms with Crippen molar-refractivity contribution in [2.45, 2.75) is 32.9 Å². The Balaban J connectivity index is 1.88. The second kappa shape index (κ2) is 6.76. The Morgan fingerprint density at radius 2 is 1.90 bits per heavy atom. The molecule has 1 aliphatic rings. The van der Waals surface area contributed by atoms with Crippen LogP contribution in [0.15, 0.2) is 18.3 Å². The lowest BCUT2D eigenvalue weighted by Crippen LogP contribution is -2.54. The van der Waals surface area contributed by atoms with Crippen LogP contribution >= 0.6 is 0 Å². The average Bonchev–Trinajstić information content (AvgIpc) is 2.47. The Bertz CT molecular complexity index is 465. The number of aromatic nitrogens is 1. The maximum atomic E-state index is 12.0. The minimum atomic E-state index is -0.0890. The molecule has 0 bridgehead atoms. The molecule has 1 atom stereocenters. The van der Waals surface area contributed by atoms with Crippen molar-refractivity contribution >= 4 is 17.4 Å². The molecule has 116 valence electrons. The highest BCUT2D eigenvalue weighted by Gasteiger charge is 2.26. The molecule has 3 N–H and O–H groups in total. The molecule has 1 aromatic rings. The van der Waals surface area contributed by atoms with Crippen molar-refractivity contribution in [3.8, 4) is 0 Å². The summed E-state index contributed by atoms with van der Waals surface area (Å²) in [7, 11) is 0. The van der Waals surface area contributed by atoms with E-state index in [1.165, 1.54) is 0 Å². The fourth-order valence-corrected chi connectivity index (χ4v) is 2.49. The Hall–Kier alpha value is -1.82. The maximum Gasteiger partial charge on any atom is 0.237 e. The van der Waals surface area contributed by atoms with Gasteiger partial charge in [-0.2, -0.15) is 0 Å². The summed E-state index contributed by atoms with van der Waals surface area (Å²) in [5, 5.41) is 2.97. The van der Waals surface area contributed by atoms with Gasteiger partial charge in [0.1, 0.15) is 5.82 Å². The van der Waals surface area contributed by atoms with Gasteiger partial charge in [0.15, 0.2) is 0 Å². The molecule has 6 nitrogen and oxygen atoms in total. The van der Waals surface area contributed by atoms with Crippen LogP contribution in [0.3, 0.4) is 0 Å². The van der Waals surface area contributed by atoms with Gasteiger partial charge >= 0.3 is 0 Å². The van der Waals surface area contributed by atoms with E-state index in [1.54, 1.807) is 6.20 Å². The number of nitrogens with zero attached hydrogens (tertiary/aromatic N) is 3. The topological polar surface area (TPSA) is 74.5 Å². The summed E-state index contributed by atoms with van der Waals surface area (Å²) >= 11 is 0. The van der Waals surface area contributed by atoms with Crippen molar-refractivity contribution in [2.24, 2.45) is 0 Å². The van der Waals surface area contributed by atoms with E-state index in [4.69, 9.17) is 5.73 Å². The summed E-state index contributed by atoms with van der Waals surface area (Å²) in [5.41, 5.74) is 6.33. The highest BCUT2D eigenvalue weighted by atomic mass is 16.2. The summed E-state index contributed by atoms with van der Waals surface area (Å²) in [4.78, 5) is 20.8. The number of piperazine rings is 1. The lowest BCUT2D eigenvalue weighted by atomic mass is 10.2. The fraction of sp³-hybridized carbons (Fsp3) is 0.600. The summed E-state index contributed by atoms with van der Waals surface area (Å²) in [6, 6.07) is 3.90. The van der Waals surface area contributed by atoms with Crippen molar-refractivity contribution in [1.29, 1.82) is 0 Å². The van der Waals surface area contributed by atoms with E-state index in [0.717, 1.165) is 32.0 Å². The van der Waals surface area contributed by atoms with E-state index in [9.17, 15) is 4.79 Å². The molecule has 1 unspecified atom stereocenters. The Morgan fingerprint density at radius 1 is 1.24 bits per heavy atom. The summed E-state index contributed by atoms with van der Waals surface area (Å²) in [6.45, 7) is 9.39. The number of nitrogen functional groups attached to an aromatic ring is 1. The van der Waals surface area contributed by atoms with Gasteiger partial charge in [0, 0.05) is 32.2 Å². The minimum absolute atomic E-state index is 0.0890. The van der Waals surface area contributed by atoms with Crippen LogP contribution in [-0.2, 0) is 4.79 Å². The fourth-order valence-electron chi connectivity index (χ4n) is 2.49. The van der Waals surface area contributed by atoms with E-state index in [1.807, 2.05) is 32.9 Å². The van der Waals surface area contributed by atoms with Gasteiger partial charge in [0.2, 0.25) is 5.91 Å². The highest BCUT2D eigenvalue weighted by molar-refractivity contribution is 5.81. The highest BCUT2D eigenvalue weighted by Crippen LogP contribution is 2.15. The zero-order chi connectivity index (χ0) is 15.4. The van der Waals surface area contributed by atoms with Crippen LogP contribution < -0.4 is 16.0 Å². The van der Waals surface area contributed by atoms with Crippen molar-refractivity contribution in [1.82, 2.24) is 15.2 Å². The molecule has 0 saturated carbocycles. The monoisotopic (exact) mass is 291 g/mol. The van der Waals surface area contributed by atoms with Crippen molar-refractivity contribution < 1.29 is 4.79 Å². The van der Waals surface area contributed by atoms with Crippen molar-refractivity contribution in [3.05, 3.63) is 18.3 Å². The summed E-state index contributed by atoms with van der Waals surface area (Å²) in [6.07, 6.45) is 1.68. The predicted octanol–water partition coefficient (Wildman–Crippen LogP) is 0.699. The van der Waals surface area contributed by atoms with Crippen LogP contribution in [0.25, 0.3) is 0 Å². The molecule has 1 saturated heterocycles. The number of hydrogen-bond donors (Lipinski definition) is 2. The number of carbonyl (C=O) groups is 1. The second-order valence-corrected chi connectivity index (χ2v) is 5.81. The van der Waals surface area contributed by atoms with Gasteiger partial charge in [0.25, 0.3) is 0 Å². The number of anilines is 2. The Labute approximate surface area is 126 Å². The first-order chi connectivity index (χ1) is 9.97. The Kier molecular flexibility index (Phi) is 5.01. The molecule has 1 aromatic heterocycles. The summed E-state index contributed by atoms with van der Waals surface area (Å²) in [5.74, 6) is 1.05. The SMILES string of the molecule is CC(C)NC(=O)C(C)N1CCN(c2ccc(N)cn2)CC1. The standard InChI is InChI=1S/C15H25N5O/c1-11(2)18-15(21)12(3)19-6-8-20(9-7-19)14-5-4-13(16)10-17-14/h4-5,10-12H,6-9,16H2,1-3H3,(H,18,21). The Morgan fingerprint density at radius 3 is 2.43 bits per heavy atom. The van der Waals surface area contributed by atoms with Gasteiger partial charge < -0.3 is 16.0 Å². The van der Waals surface area contributed by atoms with Gasteiger partial charge in [-0.25, -0.2) is 4.98 Å². The normalized spacial score (nSPS) is 17.8. The van der Waals surface area contributed by atoms with Gasteiger partial charge in [-0.15, -0.1) is 0 Å². The maximum absolute atomic E-state index is 12.0. The van der Waals surface area contributed by atoms with Crippen LogP contribution in [0.4, 0.5) is 11.5 Å². The average molecular weight is 291 g/mol. The molecular weight excluding hydrogens is 266 g/mol. The van der Waals surface area contributed by atoms with Crippen LogP contribution in [0, 0.1) is 0 Å². The third-order valence-corrected chi connectivity index (χ3v) is 3.77. The molecule has 0 aromatic carbocycles. The van der Waals surface area contributed by atoms with E-state index < -0.39 is 0 Å². The van der Waals surface area contributed by atoms with E-state index in [2.05, 4.69) is 20.1 Å². The first kappa shape index (κ1) is 15.6. The van der Waals surface area contributed by atoms with Gasteiger partial charge in [-0.1, -0.05) is 0 Å². The molecule has 0 aliphatic carbocycles. The number of carbonyl (C=O) groups excluding carboxylic acids is 1. The second-order valence-electron chi connectivity index (χ2n) is 5.81. The van der Waals surface area contributed by atoms with E-state index >= 15 is 0 Å². The third kappa shape index (κ3) is 4.07. The number of hydrogen-bond acceptors (Lipinski definition) is 5. The zero-order valence-corrected chi connectivity index (χ0v) is 13.0. The summed E-state index contributed by atoms with van der Waals surface area (Å²) < 4.78 is 0. The minimum Gasteiger partial charge on any atom is -0.397 e. The lowest BCUT2D eigenvalue weighted by Gasteiger charge is -2.38. The molecule has 6 heteroatoms. The quantitative estimate of drug-likeness (QED) is 0.854. The first-order valence-corrected chi connectivity index (χ1v) is 7.48. The zero-order valence-electron chi connectivity index (χ0n) is 13.0. The molecular formula is C15H25N5O. The predicted molar refractivity (Wildman–Crippen MR) is 85.2 cm³/mol. The van der Waals surface area contributed by atoms with E-state index in [0.29, 0.717) is 5.69 Å². The molecule has 0 radical (unpaired) electrons. The number of amides is 1. The van der Waals surface area contributed by atoms with Gasteiger partial charge in [-0.05, 0) is 32.9 Å². The molecule has 1 amide bonds. The largest absolute Gasteiger partial charge is 0.397 e. The van der Waals surface area contributed by atoms with E-state index in [-0.39, 0.29) is 18.0 Å². The molecule has 1 aliphatic heterocycles. The van der Waals surface area contributed by atoms with Crippen molar-refractivity contribution in [2.75, 3.05) is 36.8 Å². The number of nitrogens with two attached hydrogens (primary N) is 1. The van der Waals surface area contributed by atoms with Crippen LogP contribution in [0.5, 0.6) is 0 Å².